The summed E-state index contributed by atoms with van der Waals surface area (Å²) in [5, 5.41) is 13.3. The third kappa shape index (κ3) is 4.47. The van der Waals surface area contributed by atoms with Gasteiger partial charge in [-0.15, -0.1) is 0 Å². The molecule has 0 spiro atoms. The molecule has 3 heterocycles. The van der Waals surface area contributed by atoms with Crippen LogP contribution in [0.1, 0.15) is 49.3 Å². The molecule has 32 heavy (non-hydrogen) atoms. The van der Waals surface area contributed by atoms with Gasteiger partial charge in [0, 0.05) is 48.8 Å². The van der Waals surface area contributed by atoms with Gasteiger partial charge in [0.15, 0.2) is 0 Å². The molecule has 5 rings (SSSR count). The van der Waals surface area contributed by atoms with Crippen LogP contribution in [-0.2, 0) is 10.9 Å². The third-order valence-corrected chi connectivity index (χ3v) is 7.51. The van der Waals surface area contributed by atoms with Crippen LogP contribution in [0.25, 0.3) is 0 Å². The number of nitrogens with zero attached hydrogens (tertiary/aromatic N) is 1. The normalized spacial score (nSPS) is 33.4. The van der Waals surface area contributed by atoms with Crippen LogP contribution in [-0.4, -0.2) is 47.9 Å². The number of aliphatic hydroxyl groups excluding tert-OH is 1. The molecule has 0 bridgehead atoms. The number of hydrogen-bond donors (Lipinski definition) is 2. The molecule has 2 saturated heterocycles. The monoisotopic (exact) mass is 448 g/mol. The highest BCUT2D eigenvalue weighted by Crippen LogP contribution is 2.49. The van der Waals surface area contributed by atoms with Gasteiger partial charge in [-0.25, -0.2) is 0 Å². The number of anilines is 1. The van der Waals surface area contributed by atoms with Crippen molar-refractivity contribution in [2.24, 2.45) is 11.8 Å². The van der Waals surface area contributed by atoms with Gasteiger partial charge in [0.2, 0.25) is 0 Å². The van der Waals surface area contributed by atoms with Crippen LogP contribution in [0.3, 0.4) is 0 Å². The summed E-state index contributed by atoms with van der Waals surface area (Å²) in [5.41, 5.74) is 0.774. The van der Waals surface area contributed by atoms with E-state index in [1.165, 1.54) is 12.1 Å². The van der Waals surface area contributed by atoms with Crippen molar-refractivity contribution < 1.29 is 23.0 Å². The first-order chi connectivity index (χ1) is 15.4. The van der Waals surface area contributed by atoms with E-state index >= 15 is 0 Å². The first-order valence-electron chi connectivity index (χ1n) is 11.8. The summed E-state index contributed by atoms with van der Waals surface area (Å²) in [5.74, 6) is 0.429. The van der Waals surface area contributed by atoms with E-state index in [0.29, 0.717) is 11.5 Å². The Labute approximate surface area is 187 Å². The highest BCUT2D eigenvalue weighted by molar-refractivity contribution is 5.58. The molecule has 2 fully saturated rings. The Kier molecular flexibility index (Phi) is 6.07. The lowest BCUT2D eigenvalue weighted by Crippen LogP contribution is -2.49. The second kappa shape index (κ2) is 8.84. The Morgan fingerprint density at radius 3 is 2.62 bits per heavy atom. The number of ether oxygens (including phenoxy) is 1. The summed E-state index contributed by atoms with van der Waals surface area (Å²) in [6.45, 7) is 2.45. The molecule has 4 nitrogen and oxygen atoms in total. The van der Waals surface area contributed by atoms with Crippen molar-refractivity contribution >= 4 is 5.69 Å². The number of nitrogens with one attached hydrogen (secondary N) is 1. The van der Waals surface area contributed by atoms with Crippen LogP contribution < -0.4 is 5.32 Å². The topological polar surface area (TPSA) is 44.7 Å². The lowest BCUT2D eigenvalue weighted by molar-refractivity contribution is -0.138. The maximum atomic E-state index is 13.5. The van der Waals surface area contributed by atoms with Gasteiger partial charge in [-0.05, 0) is 50.3 Å². The van der Waals surface area contributed by atoms with Crippen LogP contribution in [0.4, 0.5) is 18.9 Å². The summed E-state index contributed by atoms with van der Waals surface area (Å²) in [7, 11) is 0. The molecule has 1 aromatic rings. The quantitative estimate of drug-likeness (QED) is 0.689. The third-order valence-electron chi connectivity index (χ3n) is 7.51. The van der Waals surface area contributed by atoms with E-state index < -0.39 is 11.7 Å². The Morgan fingerprint density at radius 2 is 1.91 bits per heavy atom. The van der Waals surface area contributed by atoms with Crippen LogP contribution >= 0.6 is 0 Å². The minimum Gasteiger partial charge on any atom is -0.393 e. The number of piperidine rings is 1. The van der Waals surface area contributed by atoms with E-state index in [-0.39, 0.29) is 30.3 Å². The van der Waals surface area contributed by atoms with Gasteiger partial charge in [0.25, 0.3) is 0 Å². The SMILES string of the molecule is OC1CCN(C[C@H]2CC[C@@H]3[C@H](O2)c2cc(C(F)(F)F)ccc2N[C@H]3C2C=CC=CC2)CC1. The Balaban J connectivity index is 1.40. The van der Waals surface area contributed by atoms with Crippen molar-refractivity contribution in [1.29, 1.82) is 0 Å². The molecule has 4 aliphatic rings. The summed E-state index contributed by atoms with van der Waals surface area (Å²) in [6, 6.07) is 4.16. The van der Waals surface area contributed by atoms with Gasteiger partial charge < -0.3 is 20.1 Å². The molecule has 0 aromatic heterocycles. The van der Waals surface area contributed by atoms with E-state index in [1.54, 1.807) is 6.07 Å². The van der Waals surface area contributed by atoms with E-state index in [0.717, 1.165) is 57.4 Å². The van der Waals surface area contributed by atoms with Gasteiger partial charge in [-0.1, -0.05) is 24.3 Å². The minimum absolute atomic E-state index is 0.00516. The predicted octanol–water partition coefficient (Wildman–Crippen LogP) is 4.92. The molecule has 0 amide bonds. The molecule has 5 atom stereocenters. The van der Waals surface area contributed by atoms with E-state index in [9.17, 15) is 18.3 Å². The highest BCUT2D eigenvalue weighted by atomic mass is 19.4. The molecule has 0 radical (unpaired) electrons. The maximum Gasteiger partial charge on any atom is 0.416 e. The lowest BCUT2D eigenvalue weighted by atomic mass is 9.73. The Bertz CT molecular complexity index is 876. The van der Waals surface area contributed by atoms with Gasteiger partial charge >= 0.3 is 6.18 Å². The van der Waals surface area contributed by atoms with Crippen molar-refractivity contribution in [3.63, 3.8) is 0 Å². The number of likely N-dealkylation sites (tertiary alicyclic amines) is 1. The number of alkyl halides is 3. The van der Waals surface area contributed by atoms with Crippen molar-refractivity contribution in [1.82, 2.24) is 4.90 Å². The summed E-state index contributed by atoms with van der Waals surface area (Å²) < 4.78 is 47.0. The Hall–Kier alpha value is -1.83. The van der Waals surface area contributed by atoms with Crippen molar-refractivity contribution in [2.45, 2.75) is 62.6 Å². The molecule has 0 saturated carbocycles. The highest BCUT2D eigenvalue weighted by Gasteiger charge is 2.45. The van der Waals surface area contributed by atoms with Gasteiger partial charge in [0.05, 0.1) is 23.9 Å². The molecular weight excluding hydrogens is 417 g/mol. The molecule has 1 unspecified atom stereocenters. The Morgan fingerprint density at radius 1 is 1.09 bits per heavy atom. The van der Waals surface area contributed by atoms with Gasteiger partial charge in [0.1, 0.15) is 0 Å². The molecule has 3 aliphatic heterocycles. The first-order valence-corrected chi connectivity index (χ1v) is 11.8. The summed E-state index contributed by atoms with van der Waals surface area (Å²) in [4.78, 5) is 2.32. The summed E-state index contributed by atoms with van der Waals surface area (Å²) in [6.07, 6.45) is 7.80. The number of fused-ring (bicyclic) bond motifs is 3. The number of hydrogen-bond acceptors (Lipinski definition) is 4. The fourth-order valence-electron chi connectivity index (χ4n) is 5.79. The molecule has 1 aliphatic carbocycles. The van der Waals surface area contributed by atoms with Crippen molar-refractivity contribution in [3.8, 4) is 0 Å². The minimum atomic E-state index is -4.37. The average molecular weight is 449 g/mol. The zero-order valence-electron chi connectivity index (χ0n) is 18.1. The molecular formula is C25H31F3N2O2. The van der Waals surface area contributed by atoms with Crippen LogP contribution in [0.5, 0.6) is 0 Å². The van der Waals surface area contributed by atoms with Crippen LogP contribution in [0.15, 0.2) is 42.5 Å². The summed E-state index contributed by atoms with van der Waals surface area (Å²) >= 11 is 0. The second-order valence-corrected chi connectivity index (χ2v) is 9.63. The largest absolute Gasteiger partial charge is 0.416 e. The number of allylic oxidation sites excluding steroid dienone is 3. The maximum absolute atomic E-state index is 13.5. The molecule has 1 aromatic carbocycles. The smallest absolute Gasteiger partial charge is 0.393 e. The second-order valence-electron chi connectivity index (χ2n) is 9.63. The van der Waals surface area contributed by atoms with Gasteiger partial charge in [-0.2, -0.15) is 13.2 Å². The average Bonchev–Trinajstić information content (AvgIpc) is 2.79. The number of benzene rings is 1. The van der Waals surface area contributed by atoms with E-state index in [1.807, 2.05) is 6.08 Å². The van der Waals surface area contributed by atoms with Crippen molar-refractivity contribution in [3.05, 3.63) is 53.6 Å². The molecule has 7 heteroatoms. The zero-order valence-corrected chi connectivity index (χ0v) is 18.1. The van der Waals surface area contributed by atoms with E-state index in [4.69, 9.17) is 4.74 Å². The predicted molar refractivity (Wildman–Crippen MR) is 117 cm³/mol. The number of aliphatic hydroxyl groups is 1. The molecule has 2 N–H and O–H groups in total. The fourth-order valence-corrected chi connectivity index (χ4v) is 5.79. The first kappa shape index (κ1) is 22.0. The zero-order chi connectivity index (χ0) is 22.3. The number of halogens is 3. The van der Waals surface area contributed by atoms with Crippen LogP contribution in [0, 0.1) is 11.8 Å². The number of rotatable bonds is 3. The van der Waals surface area contributed by atoms with Gasteiger partial charge in [-0.3, -0.25) is 0 Å². The van der Waals surface area contributed by atoms with Crippen LogP contribution in [0.2, 0.25) is 0 Å². The molecule has 174 valence electrons. The fraction of sp³-hybridized carbons (Fsp3) is 0.600. The van der Waals surface area contributed by atoms with E-state index in [2.05, 4.69) is 28.4 Å². The standard InChI is InChI=1S/C25H31F3N2O2/c26-25(27,28)17-6-9-22-21(14-17)24-20(23(29-22)16-4-2-1-3-5-16)8-7-19(32-24)15-30-12-10-18(31)11-13-30/h1-4,6,9,14,16,18-20,23-24,29,31H,5,7-8,10-13,15H2/t16?,19-,20+,23+,24+/m1/s1. The van der Waals surface area contributed by atoms with Crippen molar-refractivity contribution in [2.75, 3.05) is 25.0 Å². The lowest BCUT2D eigenvalue weighted by Gasteiger charge is -2.48.